The number of rotatable bonds is 9. The van der Waals surface area contributed by atoms with Crippen LogP contribution in [0.25, 0.3) is 0 Å². The molecule has 23 heavy (non-hydrogen) atoms. The number of unbranched alkanes of at least 4 members (excludes halogenated alkanes) is 2. The fourth-order valence-electron chi connectivity index (χ4n) is 2.20. The molecule has 1 rings (SSSR count). The molecule has 128 valence electrons. The van der Waals surface area contributed by atoms with E-state index < -0.39 is 0 Å². The molecule has 0 atom stereocenters. The molecule has 0 aliphatic carbocycles. The van der Waals surface area contributed by atoms with Crippen molar-refractivity contribution in [3.05, 3.63) is 35.4 Å². The number of esters is 1. The van der Waals surface area contributed by atoms with E-state index in [4.69, 9.17) is 0 Å². The molecule has 2 N–H and O–H groups in total. The van der Waals surface area contributed by atoms with Crippen LogP contribution in [0.2, 0.25) is 0 Å². The summed E-state index contributed by atoms with van der Waals surface area (Å²) < 4.78 is 4.63. The summed E-state index contributed by atoms with van der Waals surface area (Å²) in [6.45, 7) is 6.49. The number of hydrogen-bond donors (Lipinski definition) is 2. The Bertz CT molecular complexity index is 501. The van der Waals surface area contributed by atoms with E-state index in [1.807, 2.05) is 0 Å². The topological polar surface area (TPSA) is 62.7 Å². The second kappa shape index (κ2) is 11.5. The Kier molecular flexibility index (Phi) is 9.52. The van der Waals surface area contributed by atoms with Crippen LogP contribution < -0.4 is 10.6 Å². The van der Waals surface area contributed by atoms with Gasteiger partial charge in [-0.1, -0.05) is 36.2 Å². The third-order valence-corrected chi connectivity index (χ3v) is 3.42. The van der Waals surface area contributed by atoms with Crippen molar-refractivity contribution in [1.29, 1.82) is 0 Å². The number of ether oxygens (including phenoxy) is 1. The second-order valence-corrected chi connectivity index (χ2v) is 5.50. The molecule has 5 nitrogen and oxygen atoms in total. The van der Waals surface area contributed by atoms with E-state index in [0.29, 0.717) is 13.0 Å². The van der Waals surface area contributed by atoms with Gasteiger partial charge in [-0.25, -0.2) is 4.99 Å². The number of guanidine groups is 1. The van der Waals surface area contributed by atoms with E-state index in [1.165, 1.54) is 18.2 Å². The number of methoxy groups -OCH3 is 1. The van der Waals surface area contributed by atoms with Gasteiger partial charge in [0, 0.05) is 19.5 Å². The lowest BCUT2D eigenvalue weighted by molar-refractivity contribution is -0.140. The van der Waals surface area contributed by atoms with Crippen LogP contribution in [0.4, 0.5) is 0 Å². The highest BCUT2D eigenvalue weighted by molar-refractivity contribution is 5.79. The summed E-state index contributed by atoms with van der Waals surface area (Å²) >= 11 is 0. The van der Waals surface area contributed by atoms with Crippen LogP contribution in [0.15, 0.2) is 29.3 Å². The lowest BCUT2D eigenvalue weighted by Gasteiger charge is -2.11. The highest BCUT2D eigenvalue weighted by atomic mass is 16.5. The Morgan fingerprint density at radius 3 is 2.74 bits per heavy atom. The van der Waals surface area contributed by atoms with Gasteiger partial charge in [-0.2, -0.15) is 0 Å². The number of benzene rings is 1. The van der Waals surface area contributed by atoms with Crippen LogP contribution in [-0.2, 0) is 16.1 Å². The van der Waals surface area contributed by atoms with Crippen molar-refractivity contribution < 1.29 is 9.53 Å². The third-order valence-electron chi connectivity index (χ3n) is 3.42. The van der Waals surface area contributed by atoms with E-state index in [2.05, 4.69) is 58.5 Å². The zero-order chi connectivity index (χ0) is 16.9. The van der Waals surface area contributed by atoms with Crippen molar-refractivity contribution in [2.75, 3.05) is 20.2 Å². The molecule has 0 fully saturated rings. The molecule has 1 aromatic rings. The minimum Gasteiger partial charge on any atom is -0.469 e. The molecule has 0 aliphatic rings. The van der Waals surface area contributed by atoms with Gasteiger partial charge < -0.3 is 15.4 Å². The summed E-state index contributed by atoms with van der Waals surface area (Å²) in [7, 11) is 1.43. The maximum Gasteiger partial charge on any atom is 0.305 e. The fraction of sp³-hybridized carbons (Fsp3) is 0.556. The molecule has 0 spiro atoms. The summed E-state index contributed by atoms with van der Waals surface area (Å²) in [5.41, 5.74) is 2.46. The van der Waals surface area contributed by atoms with Crippen molar-refractivity contribution >= 4 is 11.9 Å². The van der Waals surface area contributed by atoms with Gasteiger partial charge in [-0.05, 0) is 32.3 Å². The first-order valence-electron chi connectivity index (χ1n) is 8.30. The van der Waals surface area contributed by atoms with Crippen LogP contribution in [0, 0.1) is 6.92 Å². The Balaban J connectivity index is 2.31. The molecule has 0 amide bonds. The fourth-order valence-corrected chi connectivity index (χ4v) is 2.20. The molecule has 1 aromatic carbocycles. The molecule has 5 heteroatoms. The Labute approximate surface area is 139 Å². The van der Waals surface area contributed by atoms with E-state index in [0.717, 1.165) is 38.3 Å². The molecule has 0 saturated heterocycles. The first-order chi connectivity index (χ1) is 11.2. The predicted molar refractivity (Wildman–Crippen MR) is 94.5 cm³/mol. The van der Waals surface area contributed by atoms with Crippen LogP contribution >= 0.6 is 0 Å². The van der Waals surface area contributed by atoms with Gasteiger partial charge >= 0.3 is 5.97 Å². The number of aliphatic imine (C=N–C) groups is 1. The van der Waals surface area contributed by atoms with E-state index in [9.17, 15) is 4.79 Å². The van der Waals surface area contributed by atoms with Gasteiger partial charge in [0.15, 0.2) is 5.96 Å². The summed E-state index contributed by atoms with van der Waals surface area (Å²) in [5.74, 6) is 0.702. The first kappa shape index (κ1) is 19.0. The molecule has 0 unspecified atom stereocenters. The zero-order valence-electron chi connectivity index (χ0n) is 14.5. The lowest BCUT2D eigenvalue weighted by atomic mass is 10.1. The van der Waals surface area contributed by atoms with Crippen molar-refractivity contribution in [2.45, 2.75) is 46.1 Å². The summed E-state index contributed by atoms with van der Waals surface area (Å²) in [6.07, 6.45) is 3.37. The van der Waals surface area contributed by atoms with Gasteiger partial charge in [0.1, 0.15) is 0 Å². The SMILES string of the molecule is CCNC(=NCc1cccc(C)c1)NCCCCCC(=O)OC. The van der Waals surface area contributed by atoms with E-state index in [1.54, 1.807) is 0 Å². The van der Waals surface area contributed by atoms with E-state index in [-0.39, 0.29) is 5.97 Å². The maximum atomic E-state index is 11.0. The number of nitrogens with one attached hydrogen (secondary N) is 2. The number of nitrogens with zero attached hydrogens (tertiary/aromatic N) is 1. The monoisotopic (exact) mass is 319 g/mol. The Morgan fingerprint density at radius 1 is 1.22 bits per heavy atom. The molecule has 0 radical (unpaired) electrons. The van der Waals surface area contributed by atoms with Gasteiger partial charge in [-0.15, -0.1) is 0 Å². The molecular weight excluding hydrogens is 290 g/mol. The van der Waals surface area contributed by atoms with Gasteiger partial charge in [-0.3, -0.25) is 4.79 Å². The summed E-state index contributed by atoms with van der Waals surface area (Å²) in [6, 6.07) is 8.39. The van der Waals surface area contributed by atoms with Crippen molar-refractivity contribution in [1.82, 2.24) is 10.6 Å². The zero-order valence-corrected chi connectivity index (χ0v) is 14.5. The molecule has 0 saturated carbocycles. The predicted octanol–water partition coefficient (Wildman–Crippen LogP) is 2.78. The number of aryl methyl sites for hydroxylation is 1. The number of hydrogen-bond acceptors (Lipinski definition) is 3. The number of carbonyl (C=O) groups excluding carboxylic acids is 1. The summed E-state index contributed by atoms with van der Waals surface area (Å²) in [5, 5.41) is 6.58. The minimum atomic E-state index is -0.133. The minimum absolute atomic E-state index is 0.133. The highest BCUT2D eigenvalue weighted by Gasteiger charge is 2.00. The second-order valence-electron chi connectivity index (χ2n) is 5.50. The average Bonchev–Trinajstić information content (AvgIpc) is 2.55. The molecule has 0 aliphatic heterocycles. The van der Waals surface area contributed by atoms with E-state index >= 15 is 0 Å². The smallest absolute Gasteiger partial charge is 0.305 e. The standard InChI is InChI=1S/C18H29N3O2/c1-4-19-18(20-12-7-5-6-11-17(22)23-3)21-14-16-10-8-9-15(2)13-16/h8-10,13H,4-7,11-12,14H2,1-3H3,(H2,19,20,21). The van der Waals surface area contributed by atoms with Crippen LogP contribution in [0.1, 0.15) is 43.7 Å². The lowest BCUT2D eigenvalue weighted by Crippen LogP contribution is -2.37. The van der Waals surface area contributed by atoms with Gasteiger partial charge in [0.05, 0.1) is 13.7 Å². The highest BCUT2D eigenvalue weighted by Crippen LogP contribution is 2.05. The van der Waals surface area contributed by atoms with Gasteiger partial charge in [0.2, 0.25) is 0 Å². The molecule has 0 bridgehead atoms. The van der Waals surface area contributed by atoms with Gasteiger partial charge in [0.25, 0.3) is 0 Å². The van der Waals surface area contributed by atoms with Crippen molar-refractivity contribution in [2.24, 2.45) is 4.99 Å². The Morgan fingerprint density at radius 2 is 2.04 bits per heavy atom. The summed E-state index contributed by atoms with van der Waals surface area (Å²) in [4.78, 5) is 15.6. The quantitative estimate of drug-likeness (QED) is 0.318. The largest absolute Gasteiger partial charge is 0.469 e. The molecular formula is C18H29N3O2. The third kappa shape index (κ3) is 8.86. The Hall–Kier alpha value is -2.04. The first-order valence-corrected chi connectivity index (χ1v) is 8.30. The van der Waals surface area contributed by atoms with Crippen LogP contribution in [-0.4, -0.2) is 32.1 Å². The molecule has 0 heterocycles. The normalized spacial score (nSPS) is 11.2. The van der Waals surface area contributed by atoms with Crippen LogP contribution in [0.3, 0.4) is 0 Å². The average molecular weight is 319 g/mol. The maximum absolute atomic E-state index is 11.0. The van der Waals surface area contributed by atoms with Crippen molar-refractivity contribution in [3.8, 4) is 0 Å². The molecule has 0 aromatic heterocycles. The van der Waals surface area contributed by atoms with Crippen LogP contribution in [0.5, 0.6) is 0 Å². The van der Waals surface area contributed by atoms with Crippen molar-refractivity contribution in [3.63, 3.8) is 0 Å². The number of carbonyl (C=O) groups is 1.